The second kappa shape index (κ2) is 8.39. The standard InChI is InChI=1S/C18H25N8O6P/c1-18(24-25-20)13-11(7-30-33(27,32-13)8-10-3-5-29-6-4-10)31-16(18)26-9-21-12-14(26)22-17(19)23-15(12)28-2/h9-11,13,16H,3-8H2,1-2H3,(H2,19,22,23)/t11-,13-,16-,18-,33?/m1/s1. The normalized spacial score (nSPS) is 34.7. The topological polar surface area (TPSA) is 182 Å². The average Bonchev–Trinajstić information content (AvgIpc) is 3.32. The highest BCUT2D eigenvalue weighted by Crippen LogP contribution is 2.60. The van der Waals surface area contributed by atoms with Crippen molar-refractivity contribution < 1.29 is 27.8 Å². The number of rotatable bonds is 5. The zero-order valence-corrected chi connectivity index (χ0v) is 19.1. The number of hydrogen-bond donors (Lipinski definition) is 1. The molecule has 5 heterocycles. The van der Waals surface area contributed by atoms with Crippen LogP contribution in [0.2, 0.25) is 0 Å². The lowest BCUT2D eigenvalue weighted by Crippen LogP contribution is -2.46. The Morgan fingerprint density at radius 3 is 2.94 bits per heavy atom. The molecule has 0 saturated carbocycles. The smallest absolute Gasteiger partial charge is 0.331 e. The second-order valence-corrected chi connectivity index (χ2v) is 10.6. The molecule has 178 valence electrons. The van der Waals surface area contributed by atoms with E-state index in [1.165, 1.54) is 13.4 Å². The molecular weight excluding hydrogens is 455 g/mol. The minimum Gasteiger partial charge on any atom is -0.479 e. The van der Waals surface area contributed by atoms with Gasteiger partial charge >= 0.3 is 7.60 Å². The van der Waals surface area contributed by atoms with Crippen LogP contribution in [-0.2, 0) is 23.1 Å². The van der Waals surface area contributed by atoms with Crippen LogP contribution in [0, 0.1) is 5.92 Å². The molecule has 0 aliphatic carbocycles. The van der Waals surface area contributed by atoms with Crippen LogP contribution in [0.15, 0.2) is 11.4 Å². The van der Waals surface area contributed by atoms with E-state index in [1.54, 1.807) is 11.5 Å². The van der Waals surface area contributed by atoms with Gasteiger partial charge in [0.2, 0.25) is 11.8 Å². The molecule has 15 heteroatoms. The van der Waals surface area contributed by atoms with Gasteiger partial charge in [-0.05, 0) is 31.2 Å². The predicted molar refractivity (Wildman–Crippen MR) is 115 cm³/mol. The lowest BCUT2D eigenvalue weighted by atomic mass is 9.93. The van der Waals surface area contributed by atoms with E-state index >= 15 is 0 Å². The van der Waals surface area contributed by atoms with Crippen molar-refractivity contribution in [2.45, 2.75) is 43.7 Å². The Morgan fingerprint density at radius 2 is 2.21 bits per heavy atom. The number of fused-ring (bicyclic) bond motifs is 2. The summed E-state index contributed by atoms with van der Waals surface area (Å²) >= 11 is 0. The maximum atomic E-state index is 13.5. The summed E-state index contributed by atoms with van der Waals surface area (Å²) in [6.07, 6.45) is 1.08. The number of azide groups is 1. The lowest BCUT2D eigenvalue weighted by Gasteiger charge is -2.37. The van der Waals surface area contributed by atoms with Gasteiger partial charge in [0.25, 0.3) is 0 Å². The zero-order valence-electron chi connectivity index (χ0n) is 18.2. The van der Waals surface area contributed by atoms with Gasteiger partial charge < -0.3 is 29.0 Å². The molecule has 3 saturated heterocycles. The number of nitrogen functional groups attached to an aromatic ring is 1. The molecule has 0 amide bonds. The van der Waals surface area contributed by atoms with Gasteiger partial charge in [0.05, 0.1) is 26.2 Å². The minimum atomic E-state index is -3.44. The van der Waals surface area contributed by atoms with Crippen LogP contribution in [0.4, 0.5) is 5.95 Å². The molecule has 1 unspecified atom stereocenters. The van der Waals surface area contributed by atoms with Crippen molar-refractivity contribution in [3.8, 4) is 5.88 Å². The second-order valence-electron chi connectivity index (χ2n) is 8.53. The molecule has 0 bridgehead atoms. The van der Waals surface area contributed by atoms with Crippen LogP contribution in [-0.4, -0.2) is 70.4 Å². The van der Waals surface area contributed by atoms with E-state index in [2.05, 4.69) is 25.0 Å². The number of aromatic nitrogens is 4. The maximum Gasteiger partial charge on any atom is 0.331 e. The number of ether oxygens (including phenoxy) is 3. The van der Waals surface area contributed by atoms with Crippen LogP contribution in [0.3, 0.4) is 0 Å². The summed E-state index contributed by atoms with van der Waals surface area (Å²) in [5.74, 6) is 0.370. The summed E-state index contributed by atoms with van der Waals surface area (Å²) in [5, 5.41) is 4.04. The number of methoxy groups -OCH3 is 1. The van der Waals surface area contributed by atoms with Gasteiger partial charge in [-0.3, -0.25) is 9.13 Å². The molecular formula is C18H25N8O6P. The predicted octanol–water partition coefficient (Wildman–Crippen LogP) is 2.42. The summed E-state index contributed by atoms with van der Waals surface area (Å²) in [6, 6.07) is 0. The molecule has 0 radical (unpaired) electrons. The van der Waals surface area contributed by atoms with E-state index in [1.807, 2.05) is 0 Å². The van der Waals surface area contributed by atoms with Gasteiger partial charge in [-0.25, -0.2) is 4.98 Å². The number of imidazole rings is 1. The summed E-state index contributed by atoms with van der Waals surface area (Å²) in [7, 11) is -1.99. The minimum absolute atomic E-state index is 0.0115. The summed E-state index contributed by atoms with van der Waals surface area (Å²) < 4.78 is 43.7. The summed E-state index contributed by atoms with van der Waals surface area (Å²) in [6.45, 7) is 2.99. The molecule has 5 rings (SSSR count). The first kappa shape index (κ1) is 22.3. The molecule has 0 spiro atoms. The number of hydrogen-bond acceptors (Lipinski definition) is 11. The third-order valence-corrected chi connectivity index (χ3v) is 8.42. The van der Waals surface area contributed by atoms with Crippen molar-refractivity contribution in [1.29, 1.82) is 0 Å². The number of anilines is 1. The molecule has 3 fully saturated rings. The largest absolute Gasteiger partial charge is 0.479 e. The lowest BCUT2D eigenvalue weighted by molar-refractivity contribution is -0.0579. The van der Waals surface area contributed by atoms with Gasteiger partial charge in [-0.1, -0.05) is 5.11 Å². The molecule has 14 nitrogen and oxygen atoms in total. The van der Waals surface area contributed by atoms with Crippen LogP contribution < -0.4 is 10.5 Å². The van der Waals surface area contributed by atoms with E-state index < -0.39 is 31.6 Å². The fourth-order valence-corrected chi connectivity index (χ4v) is 7.01. The Hall–Kier alpha value is -2.47. The van der Waals surface area contributed by atoms with Crippen molar-refractivity contribution in [3.63, 3.8) is 0 Å². The Labute approximate surface area is 188 Å². The summed E-state index contributed by atoms with van der Waals surface area (Å²) in [4.78, 5) is 15.7. The first-order chi connectivity index (χ1) is 15.9. The fraction of sp³-hybridized carbons (Fsp3) is 0.722. The van der Waals surface area contributed by atoms with Gasteiger partial charge in [0, 0.05) is 18.1 Å². The third kappa shape index (κ3) is 3.82. The highest BCUT2D eigenvalue weighted by molar-refractivity contribution is 7.53. The van der Waals surface area contributed by atoms with Crippen molar-refractivity contribution in [3.05, 3.63) is 16.8 Å². The van der Waals surface area contributed by atoms with Gasteiger partial charge in [-0.15, -0.1) is 0 Å². The Balaban J connectivity index is 1.49. The number of nitrogens with zero attached hydrogens (tertiary/aromatic N) is 7. The monoisotopic (exact) mass is 480 g/mol. The molecule has 2 aromatic rings. The Kier molecular flexibility index (Phi) is 5.68. The Bertz CT molecular complexity index is 1150. The van der Waals surface area contributed by atoms with Crippen molar-refractivity contribution >= 4 is 24.7 Å². The summed E-state index contributed by atoms with van der Waals surface area (Å²) in [5.41, 5.74) is 14.7. The third-order valence-electron chi connectivity index (χ3n) is 6.36. The van der Waals surface area contributed by atoms with E-state index in [9.17, 15) is 10.1 Å². The maximum absolute atomic E-state index is 13.5. The first-order valence-electron chi connectivity index (χ1n) is 10.6. The molecule has 2 N–H and O–H groups in total. The van der Waals surface area contributed by atoms with E-state index in [-0.39, 0.29) is 30.5 Å². The highest BCUT2D eigenvalue weighted by atomic mass is 31.2. The van der Waals surface area contributed by atoms with Crippen molar-refractivity contribution in [2.75, 3.05) is 38.8 Å². The molecule has 5 atom stereocenters. The van der Waals surface area contributed by atoms with E-state index in [0.29, 0.717) is 24.4 Å². The zero-order chi connectivity index (χ0) is 23.2. The molecule has 2 aromatic heterocycles. The molecule has 0 aromatic carbocycles. The fourth-order valence-electron chi connectivity index (χ4n) is 4.69. The van der Waals surface area contributed by atoms with E-state index in [0.717, 1.165) is 12.8 Å². The van der Waals surface area contributed by atoms with Gasteiger partial charge in [0.15, 0.2) is 17.4 Å². The van der Waals surface area contributed by atoms with Gasteiger partial charge in [-0.2, -0.15) is 9.97 Å². The van der Waals surface area contributed by atoms with Crippen molar-refractivity contribution in [2.24, 2.45) is 11.0 Å². The molecule has 33 heavy (non-hydrogen) atoms. The number of nitrogens with two attached hydrogens (primary N) is 1. The SMILES string of the molecule is COc1nc(N)nc2c1ncn2[C@@H]1O[C@@H]2COP(=O)(CC3CCOCC3)O[C@H]2[C@@]1(C)N=[N+]=[N-]. The quantitative estimate of drug-likeness (QED) is 0.289. The molecule has 3 aliphatic heterocycles. The average molecular weight is 480 g/mol. The van der Waals surface area contributed by atoms with Crippen LogP contribution in [0.1, 0.15) is 26.0 Å². The van der Waals surface area contributed by atoms with Crippen molar-refractivity contribution in [1.82, 2.24) is 19.5 Å². The van der Waals surface area contributed by atoms with E-state index in [4.69, 9.17) is 29.0 Å². The Morgan fingerprint density at radius 1 is 1.42 bits per heavy atom. The first-order valence-corrected chi connectivity index (χ1v) is 12.3. The van der Waals surface area contributed by atoms with Crippen LogP contribution in [0.5, 0.6) is 5.88 Å². The van der Waals surface area contributed by atoms with Crippen LogP contribution in [0.25, 0.3) is 21.6 Å². The highest BCUT2D eigenvalue weighted by Gasteiger charge is 2.60. The molecule has 3 aliphatic rings. The van der Waals surface area contributed by atoms with Crippen LogP contribution >= 0.6 is 7.60 Å². The van der Waals surface area contributed by atoms with Gasteiger partial charge in [0.1, 0.15) is 17.7 Å².